The molecule has 0 aliphatic heterocycles. The first-order valence-corrected chi connectivity index (χ1v) is 17.4. The highest BCUT2D eigenvalue weighted by Gasteiger charge is 2.40. The van der Waals surface area contributed by atoms with Gasteiger partial charge in [0, 0.05) is 31.1 Å². The molecule has 2 aromatic heterocycles. The summed E-state index contributed by atoms with van der Waals surface area (Å²) in [5.41, 5.74) is 6.51. The van der Waals surface area contributed by atoms with Crippen LogP contribution in [0.5, 0.6) is 0 Å². The lowest BCUT2D eigenvalue weighted by atomic mass is 9.81. The van der Waals surface area contributed by atoms with Crippen LogP contribution in [0.1, 0.15) is 91.0 Å². The average molecular weight is 658 g/mol. The number of fused-ring (bicyclic) bond motifs is 2. The summed E-state index contributed by atoms with van der Waals surface area (Å²) in [5.74, 6) is -0.0946. The van der Waals surface area contributed by atoms with E-state index in [9.17, 15) is 14.4 Å². The number of nitrogens with zero attached hydrogens (tertiary/aromatic N) is 3. The van der Waals surface area contributed by atoms with Crippen molar-refractivity contribution in [3.05, 3.63) is 95.3 Å². The smallest absolute Gasteiger partial charge is 0.328 e. The van der Waals surface area contributed by atoms with Gasteiger partial charge < -0.3 is 24.9 Å². The zero-order chi connectivity index (χ0) is 34.1. The molecule has 2 fully saturated rings. The van der Waals surface area contributed by atoms with Crippen LogP contribution in [-0.4, -0.2) is 56.4 Å². The second-order valence-electron chi connectivity index (χ2n) is 13.8. The molecule has 0 bridgehead atoms. The Balaban J connectivity index is 1.30. The van der Waals surface area contributed by atoms with Crippen LogP contribution >= 0.6 is 0 Å². The summed E-state index contributed by atoms with van der Waals surface area (Å²) >= 11 is 0. The lowest BCUT2D eigenvalue weighted by Crippen LogP contribution is -2.44. The summed E-state index contributed by atoms with van der Waals surface area (Å²) in [6.45, 7) is 0.179. The van der Waals surface area contributed by atoms with Crippen molar-refractivity contribution in [3.8, 4) is 11.3 Å². The third kappa shape index (κ3) is 6.37. The van der Waals surface area contributed by atoms with Gasteiger partial charge in [0.15, 0.2) is 0 Å². The first-order chi connectivity index (χ1) is 23.7. The van der Waals surface area contributed by atoms with Crippen molar-refractivity contribution in [2.75, 3.05) is 14.1 Å². The van der Waals surface area contributed by atoms with Crippen LogP contribution in [0.4, 0.5) is 0 Å². The van der Waals surface area contributed by atoms with Gasteiger partial charge in [0.1, 0.15) is 12.4 Å². The third-order valence-corrected chi connectivity index (χ3v) is 10.4. The number of H-pyrrole nitrogens is 1. The lowest BCUT2D eigenvalue weighted by molar-refractivity contribution is -0.131. The van der Waals surface area contributed by atoms with Crippen molar-refractivity contribution in [2.24, 2.45) is 0 Å². The molecule has 5 aromatic rings. The van der Waals surface area contributed by atoms with E-state index in [0.717, 1.165) is 83.4 Å². The summed E-state index contributed by atoms with van der Waals surface area (Å²) in [4.78, 5) is 48.6. The molecule has 9 nitrogen and oxygen atoms in total. The molecule has 0 radical (unpaired) electrons. The van der Waals surface area contributed by atoms with Crippen LogP contribution in [0.15, 0.2) is 72.8 Å². The predicted molar refractivity (Wildman–Crippen MR) is 192 cm³/mol. The molecule has 0 atom stereocenters. The maximum atomic E-state index is 14.2. The van der Waals surface area contributed by atoms with E-state index in [1.54, 1.807) is 25.1 Å². The van der Waals surface area contributed by atoms with Gasteiger partial charge in [-0.15, -0.1) is 0 Å². The monoisotopic (exact) mass is 657 g/mol. The molecular formula is C40H43N5O4. The summed E-state index contributed by atoms with van der Waals surface area (Å²) in [6, 6.07) is 21.9. The number of carboxylic acids is 1. The Hall–Kier alpha value is -5.18. The topological polar surface area (TPSA) is 120 Å². The minimum atomic E-state index is -1.01. The zero-order valence-electron chi connectivity index (χ0n) is 28.2. The second-order valence-corrected chi connectivity index (χ2v) is 13.8. The maximum Gasteiger partial charge on any atom is 0.328 e. The molecule has 9 heteroatoms. The summed E-state index contributed by atoms with van der Waals surface area (Å²) in [5, 5.41) is 13.5. The molecule has 252 valence electrons. The van der Waals surface area contributed by atoms with Gasteiger partial charge >= 0.3 is 5.97 Å². The highest BCUT2D eigenvalue weighted by atomic mass is 16.4. The molecular weight excluding hydrogens is 614 g/mol. The molecule has 2 saturated carbocycles. The highest BCUT2D eigenvalue weighted by Crippen LogP contribution is 2.45. The molecule has 2 heterocycles. The number of aromatic amines is 1. The molecule has 3 aromatic carbocycles. The first kappa shape index (κ1) is 32.4. The number of imidazole rings is 1. The van der Waals surface area contributed by atoms with E-state index in [0.29, 0.717) is 17.3 Å². The fourth-order valence-electron chi connectivity index (χ4n) is 7.88. The Labute approximate surface area is 286 Å². The van der Waals surface area contributed by atoms with Crippen LogP contribution in [-0.2, 0) is 21.7 Å². The van der Waals surface area contributed by atoms with Crippen LogP contribution in [0.2, 0.25) is 0 Å². The normalized spacial score (nSPS) is 16.4. The van der Waals surface area contributed by atoms with Crippen LogP contribution in [0.25, 0.3) is 39.3 Å². The summed E-state index contributed by atoms with van der Waals surface area (Å²) in [6.07, 6.45) is 11.9. The Morgan fingerprint density at radius 3 is 2.45 bits per heavy atom. The highest BCUT2D eigenvalue weighted by molar-refractivity contribution is 6.01. The number of aliphatic carboxylic acids is 1. The fraction of sp³-hybridized carbons (Fsp3) is 0.350. The van der Waals surface area contributed by atoms with E-state index >= 15 is 0 Å². The molecule has 2 aliphatic carbocycles. The number of likely N-dealkylation sites (N-methyl/N-ethyl adjacent to an activating group) is 1. The standard InChI is InChI=1S/C40H43N5O4/c1-44(2)34(46)25-45-33-24-29(17-18-30(33)36(27-11-5-3-6-12-27)37(45)28-13-7-4-8-14-28)38(49)43-40(21-9-10-22-40)39-41-31-19-15-26(16-20-35(47)48)23-32(31)42-39/h4,7-8,13-20,23-24,27H,3,5-6,9-12,21-22,25H2,1-2H3,(H,41,42)(H,43,49)(H,47,48)/b20-16+. The number of aromatic nitrogens is 3. The average Bonchev–Trinajstić information content (AvgIpc) is 3.84. The van der Waals surface area contributed by atoms with Gasteiger partial charge in [-0.3, -0.25) is 9.59 Å². The van der Waals surface area contributed by atoms with Crippen LogP contribution in [0.3, 0.4) is 0 Å². The number of carboxylic acid groups (broad SMARTS) is 1. The van der Waals surface area contributed by atoms with E-state index in [1.807, 2.05) is 48.5 Å². The zero-order valence-corrected chi connectivity index (χ0v) is 28.2. The fourth-order valence-corrected chi connectivity index (χ4v) is 7.88. The van der Waals surface area contributed by atoms with Gasteiger partial charge in [0.25, 0.3) is 5.91 Å². The molecule has 0 saturated heterocycles. The van der Waals surface area contributed by atoms with Gasteiger partial charge in [-0.1, -0.05) is 74.6 Å². The predicted octanol–water partition coefficient (Wildman–Crippen LogP) is 7.62. The van der Waals surface area contributed by atoms with Gasteiger partial charge in [-0.25, -0.2) is 9.78 Å². The van der Waals surface area contributed by atoms with Crippen molar-refractivity contribution in [2.45, 2.75) is 75.8 Å². The largest absolute Gasteiger partial charge is 0.478 e. The minimum Gasteiger partial charge on any atom is -0.478 e. The number of nitrogens with one attached hydrogen (secondary N) is 2. The number of hydrogen-bond donors (Lipinski definition) is 3. The second kappa shape index (κ2) is 13.4. The Kier molecular flexibility index (Phi) is 8.84. The van der Waals surface area contributed by atoms with Gasteiger partial charge in [0.05, 0.1) is 27.8 Å². The van der Waals surface area contributed by atoms with E-state index in [1.165, 1.54) is 24.8 Å². The molecule has 7 rings (SSSR count). The van der Waals surface area contributed by atoms with E-state index in [2.05, 4.69) is 33.1 Å². The molecule has 3 N–H and O–H groups in total. The van der Waals surface area contributed by atoms with Crippen molar-refractivity contribution in [3.63, 3.8) is 0 Å². The Morgan fingerprint density at radius 2 is 1.73 bits per heavy atom. The van der Waals surface area contributed by atoms with E-state index in [-0.39, 0.29) is 18.4 Å². The van der Waals surface area contributed by atoms with Crippen molar-refractivity contribution in [1.29, 1.82) is 0 Å². The van der Waals surface area contributed by atoms with Gasteiger partial charge in [-0.05, 0) is 78.6 Å². The van der Waals surface area contributed by atoms with E-state index < -0.39 is 11.5 Å². The SMILES string of the molecule is CN(C)C(=O)Cn1c(-c2ccccc2)c(C2CCCCC2)c2ccc(C(=O)NC3(c4nc5ccc(/C=C/C(=O)O)cc5[nH]4)CCCC3)cc21. The van der Waals surface area contributed by atoms with Gasteiger partial charge in [0.2, 0.25) is 5.91 Å². The molecule has 2 amide bonds. The minimum absolute atomic E-state index is 0.00414. The molecule has 0 spiro atoms. The Bertz CT molecular complexity index is 2060. The van der Waals surface area contributed by atoms with Gasteiger partial charge in [-0.2, -0.15) is 0 Å². The summed E-state index contributed by atoms with van der Waals surface area (Å²) in [7, 11) is 3.56. The molecule has 49 heavy (non-hydrogen) atoms. The van der Waals surface area contributed by atoms with Crippen molar-refractivity contribution < 1.29 is 19.5 Å². The van der Waals surface area contributed by atoms with E-state index in [4.69, 9.17) is 10.1 Å². The van der Waals surface area contributed by atoms with Crippen molar-refractivity contribution >= 4 is 45.8 Å². The lowest BCUT2D eigenvalue weighted by Gasteiger charge is -2.28. The number of carbonyl (C=O) groups is 3. The number of rotatable bonds is 9. The molecule has 0 unspecified atom stereocenters. The van der Waals surface area contributed by atoms with Crippen LogP contribution < -0.4 is 5.32 Å². The maximum absolute atomic E-state index is 14.2. The number of benzene rings is 3. The number of carbonyl (C=O) groups excluding carboxylic acids is 2. The number of hydrogen-bond acceptors (Lipinski definition) is 4. The Morgan fingerprint density at radius 1 is 0.980 bits per heavy atom. The quantitative estimate of drug-likeness (QED) is 0.141. The summed E-state index contributed by atoms with van der Waals surface area (Å²) < 4.78 is 2.13. The van der Waals surface area contributed by atoms with Crippen molar-refractivity contribution in [1.82, 2.24) is 24.8 Å². The third-order valence-electron chi connectivity index (χ3n) is 10.4. The molecule has 2 aliphatic rings. The first-order valence-electron chi connectivity index (χ1n) is 17.4. The number of amides is 2. The van der Waals surface area contributed by atoms with Crippen LogP contribution in [0, 0.1) is 0 Å².